The molecule has 5 aliphatic rings. The van der Waals surface area contributed by atoms with E-state index in [0.29, 0.717) is 22.7 Å². The molecule has 224 valence electrons. The third-order valence-electron chi connectivity index (χ3n) is 9.57. The van der Waals surface area contributed by atoms with Crippen LogP contribution in [-0.2, 0) is 19.8 Å². The lowest BCUT2D eigenvalue weighted by molar-refractivity contribution is -0.122. The van der Waals surface area contributed by atoms with E-state index in [1.54, 1.807) is 24.3 Å². The zero-order valence-corrected chi connectivity index (χ0v) is 24.1. The number of hydrogen-bond acceptors (Lipinski definition) is 5. The molecule has 4 saturated carbocycles. The maximum atomic E-state index is 13.5. The first-order chi connectivity index (χ1) is 21.2. The molecule has 0 radical (unpaired) electrons. The van der Waals surface area contributed by atoms with Gasteiger partial charge in [-0.25, -0.2) is 14.1 Å². The molecule has 44 heavy (non-hydrogen) atoms. The van der Waals surface area contributed by atoms with Crippen molar-refractivity contribution in [3.05, 3.63) is 95.3 Å². The zero-order valence-electron chi connectivity index (χ0n) is 24.1. The summed E-state index contributed by atoms with van der Waals surface area (Å²) < 4.78 is 18.6. The summed E-state index contributed by atoms with van der Waals surface area (Å²) >= 11 is 0. The number of urea groups is 1. The van der Waals surface area contributed by atoms with Gasteiger partial charge >= 0.3 is 6.03 Å². The Balaban J connectivity index is 1.02. The highest BCUT2D eigenvalue weighted by Gasteiger charge is 2.51. The number of nitrogens with one attached hydrogen (secondary N) is 2. The van der Waals surface area contributed by atoms with Crippen LogP contribution in [0.4, 0.5) is 20.6 Å². The largest absolute Gasteiger partial charge is 0.484 e. The minimum atomic E-state index is -0.776. The van der Waals surface area contributed by atoms with Gasteiger partial charge in [-0.2, -0.15) is 0 Å². The van der Waals surface area contributed by atoms with Gasteiger partial charge in [0.15, 0.2) is 6.61 Å². The summed E-state index contributed by atoms with van der Waals surface area (Å²) in [4.78, 5) is 52.1. The number of benzene rings is 3. The molecule has 5 amide bonds. The number of carbonyl (C=O) groups excluding carboxylic acids is 4. The van der Waals surface area contributed by atoms with E-state index in [0.717, 1.165) is 22.7 Å². The zero-order chi connectivity index (χ0) is 30.4. The second-order valence-corrected chi connectivity index (χ2v) is 12.6. The lowest BCUT2D eigenvalue weighted by Crippen LogP contribution is -2.54. The number of hydrogen-bond donors (Lipinski definition) is 2. The summed E-state index contributed by atoms with van der Waals surface area (Å²) in [6, 6.07) is 18.9. The molecular formula is C35H32FN3O5. The second kappa shape index (κ2) is 11.0. The van der Waals surface area contributed by atoms with Crippen molar-refractivity contribution in [2.75, 3.05) is 16.8 Å². The Morgan fingerprint density at radius 3 is 2.11 bits per heavy atom. The predicted octanol–water partition coefficient (Wildman–Crippen LogP) is 5.98. The molecule has 0 atom stereocenters. The Morgan fingerprint density at radius 1 is 0.886 bits per heavy atom. The number of amides is 5. The van der Waals surface area contributed by atoms with Gasteiger partial charge in [-0.15, -0.1) is 0 Å². The molecule has 9 heteroatoms. The molecule has 2 N–H and O–H groups in total. The maximum Gasteiger partial charge on any atom is 0.335 e. The smallest absolute Gasteiger partial charge is 0.335 e. The third kappa shape index (κ3) is 5.38. The van der Waals surface area contributed by atoms with E-state index in [9.17, 15) is 23.6 Å². The SMILES string of the molecule is O=C(COc1ccc(/C=C2\C(=O)NC(=O)N(c3ccc(C45CC6CC(CC(C6)C4)C5)cc3)C2=O)cc1)Nc1ccc(F)cc1. The number of imide groups is 2. The van der Waals surface area contributed by atoms with Crippen molar-refractivity contribution in [1.29, 1.82) is 0 Å². The summed E-state index contributed by atoms with van der Waals surface area (Å²) in [7, 11) is 0. The standard InChI is InChI=1S/C35H32FN3O5/c36-26-5-7-27(8-6-26)37-31(40)20-44-29-11-1-21(2-12-29)16-30-32(41)38-34(43)39(33(30)42)28-9-3-25(4-10-28)35-17-22-13-23(18-35)15-24(14-22)19-35/h1-12,16,22-24H,13-15,17-20H2,(H,37,40)(H,38,41,43)/b30-16+. The van der Waals surface area contributed by atoms with Crippen molar-refractivity contribution in [3.8, 4) is 5.75 Å². The number of rotatable bonds is 7. The number of carbonyl (C=O) groups is 4. The third-order valence-corrected chi connectivity index (χ3v) is 9.57. The molecule has 3 aromatic rings. The Labute approximate surface area is 254 Å². The highest BCUT2D eigenvalue weighted by Crippen LogP contribution is 2.60. The van der Waals surface area contributed by atoms with Gasteiger partial charge in [0.2, 0.25) is 0 Å². The van der Waals surface area contributed by atoms with Crippen LogP contribution in [-0.4, -0.2) is 30.4 Å². The predicted molar refractivity (Wildman–Crippen MR) is 162 cm³/mol. The normalized spacial score (nSPS) is 26.6. The Kier molecular flexibility index (Phi) is 7.03. The average Bonchev–Trinajstić information content (AvgIpc) is 2.99. The van der Waals surface area contributed by atoms with Crippen LogP contribution < -0.4 is 20.3 Å². The molecule has 0 spiro atoms. The van der Waals surface area contributed by atoms with Crippen LogP contribution in [0.2, 0.25) is 0 Å². The van der Waals surface area contributed by atoms with E-state index < -0.39 is 29.6 Å². The molecule has 1 saturated heterocycles. The van der Waals surface area contributed by atoms with Crippen LogP contribution in [0.1, 0.15) is 49.7 Å². The van der Waals surface area contributed by atoms with Crippen LogP contribution in [0.5, 0.6) is 5.75 Å². The fourth-order valence-corrected chi connectivity index (χ4v) is 8.03. The fraction of sp³-hybridized carbons (Fsp3) is 0.314. The van der Waals surface area contributed by atoms with Crippen molar-refractivity contribution in [2.45, 2.75) is 43.9 Å². The molecular weight excluding hydrogens is 561 g/mol. The van der Waals surface area contributed by atoms with Crippen molar-refractivity contribution in [2.24, 2.45) is 17.8 Å². The van der Waals surface area contributed by atoms with Gasteiger partial charge < -0.3 is 10.1 Å². The van der Waals surface area contributed by atoms with E-state index in [1.165, 1.54) is 74.4 Å². The summed E-state index contributed by atoms with van der Waals surface area (Å²) in [5, 5.41) is 4.90. The van der Waals surface area contributed by atoms with Crippen molar-refractivity contribution >= 4 is 41.2 Å². The molecule has 4 aliphatic carbocycles. The lowest BCUT2D eigenvalue weighted by atomic mass is 9.48. The maximum absolute atomic E-state index is 13.5. The van der Waals surface area contributed by atoms with Crippen LogP contribution in [0.25, 0.3) is 6.08 Å². The average molecular weight is 594 g/mol. The highest BCUT2D eigenvalue weighted by molar-refractivity contribution is 6.39. The molecule has 1 aliphatic heterocycles. The van der Waals surface area contributed by atoms with E-state index in [4.69, 9.17) is 4.74 Å². The Hall–Kier alpha value is -4.79. The molecule has 5 fully saturated rings. The van der Waals surface area contributed by atoms with Gasteiger partial charge in [0, 0.05) is 5.69 Å². The second-order valence-electron chi connectivity index (χ2n) is 12.6. The number of nitrogens with zero attached hydrogens (tertiary/aromatic N) is 1. The number of halogens is 1. The minimum absolute atomic E-state index is 0.165. The van der Waals surface area contributed by atoms with E-state index in [-0.39, 0.29) is 17.6 Å². The summed E-state index contributed by atoms with van der Waals surface area (Å²) in [5.74, 6) is 0.547. The van der Waals surface area contributed by atoms with Crippen molar-refractivity contribution < 1.29 is 28.3 Å². The first-order valence-corrected chi connectivity index (χ1v) is 15.0. The van der Waals surface area contributed by atoms with Gasteiger partial charge in [0.05, 0.1) is 5.69 Å². The van der Waals surface area contributed by atoms with E-state index in [1.807, 2.05) is 12.1 Å². The first kappa shape index (κ1) is 28.0. The van der Waals surface area contributed by atoms with Crippen LogP contribution in [0.3, 0.4) is 0 Å². The molecule has 8 rings (SSSR count). The summed E-state index contributed by atoms with van der Waals surface area (Å²) in [6.45, 7) is -0.266. The van der Waals surface area contributed by atoms with Gasteiger partial charge in [-0.3, -0.25) is 19.7 Å². The van der Waals surface area contributed by atoms with E-state index in [2.05, 4.69) is 22.8 Å². The van der Waals surface area contributed by atoms with Gasteiger partial charge in [0.1, 0.15) is 17.1 Å². The Bertz CT molecular complexity index is 1630. The number of barbiturate groups is 1. The molecule has 8 nitrogen and oxygen atoms in total. The molecule has 4 bridgehead atoms. The quantitative estimate of drug-likeness (QED) is 0.259. The monoisotopic (exact) mass is 593 g/mol. The van der Waals surface area contributed by atoms with Crippen LogP contribution in [0, 0.1) is 23.6 Å². The highest BCUT2D eigenvalue weighted by atomic mass is 19.1. The molecule has 0 unspecified atom stereocenters. The lowest BCUT2D eigenvalue weighted by Gasteiger charge is -2.57. The van der Waals surface area contributed by atoms with Gasteiger partial charge in [0.25, 0.3) is 17.7 Å². The minimum Gasteiger partial charge on any atom is -0.484 e. The first-order valence-electron chi connectivity index (χ1n) is 15.0. The van der Waals surface area contributed by atoms with Gasteiger partial charge in [-0.05, 0) is 127 Å². The van der Waals surface area contributed by atoms with Crippen molar-refractivity contribution in [1.82, 2.24) is 5.32 Å². The molecule has 0 aromatic heterocycles. The topological polar surface area (TPSA) is 105 Å². The number of anilines is 2. The summed E-state index contributed by atoms with van der Waals surface area (Å²) in [5.41, 5.74) is 2.73. The van der Waals surface area contributed by atoms with Gasteiger partial charge in [-0.1, -0.05) is 24.3 Å². The Morgan fingerprint density at radius 2 is 1.50 bits per heavy atom. The number of ether oxygens (including phenoxy) is 1. The fourth-order valence-electron chi connectivity index (χ4n) is 8.03. The van der Waals surface area contributed by atoms with Crippen molar-refractivity contribution in [3.63, 3.8) is 0 Å². The molecule has 3 aromatic carbocycles. The van der Waals surface area contributed by atoms with Crippen LogP contribution in [0.15, 0.2) is 78.4 Å². The molecule has 1 heterocycles. The van der Waals surface area contributed by atoms with E-state index >= 15 is 0 Å². The van der Waals surface area contributed by atoms with Crippen LogP contribution >= 0.6 is 0 Å². The summed E-state index contributed by atoms with van der Waals surface area (Å²) in [6.07, 6.45) is 9.14.